The zero-order chi connectivity index (χ0) is 14.3. The molecule has 1 aromatic carbocycles. The van der Waals surface area contributed by atoms with Crippen LogP contribution in [0.2, 0.25) is 0 Å². The fourth-order valence-corrected chi connectivity index (χ4v) is 2.39. The van der Waals surface area contributed by atoms with E-state index in [0.717, 1.165) is 0 Å². The van der Waals surface area contributed by atoms with Crippen molar-refractivity contribution in [2.45, 2.75) is 5.92 Å². The summed E-state index contributed by atoms with van der Waals surface area (Å²) in [6.45, 7) is 0. The van der Waals surface area contributed by atoms with Crippen molar-refractivity contribution in [2.75, 3.05) is 0 Å². The van der Waals surface area contributed by atoms with E-state index in [1.54, 1.807) is 18.2 Å². The Morgan fingerprint density at radius 3 is 2.50 bits per heavy atom. The van der Waals surface area contributed by atoms with E-state index < -0.39 is 22.4 Å². The lowest BCUT2D eigenvalue weighted by Crippen LogP contribution is -2.14. The molecular weight excluding hydrogens is 260 g/mol. The molecular formula is C14H8N2O4. The highest BCUT2D eigenvalue weighted by Gasteiger charge is 2.44. The van der Waals surface area contributed by atoms with E-state index in [2.05, 4.69) is 4.98 Å². The van der Waals surface area contributed by atoms with Gasteiger partial charge in [0.1, 0.15) is 11.5 Å². The number of nitrogens with zero attached hydrogens (tertiary/aromatic N) is 2. The molecule has 1 aromatic heterocycles. The minimum Gasteiger partial charge on any atom is -0.293 e. The molecule has 6 nitrogen and oxygen atoms in total. The molecule has 1 aliphatic carbocycles. The number of carbonyl (C=O) groups is 2. The summed E-state index contributed by atoms with van der Waals surface area (Å²) in [4.78, 5) is 39.0. The lowest BCUT2D eigenvalue weighted by Gasteiger charge is -2.04. The van der Waals surface area contributed by atoms with Gasteiger partial charge >= 0.3 is 0 Å². The van der Waals surface area contributed by atoms with Crippen LogP contribution in [-0.2, 0) is 0 Å². The van der Waals surface area contributed by atoms with Gasteiger partial charge in [0.05, 0.1) is 10.6 Å². The van der Waals surface area contributed by atoms with Crippen molar-refractivity contribution < 1.29 is 14.5 Å². The first-order chi connectivity index (χ1) is 9.61. The first-order valence-corrected chi connectivity index (χ1v) is 5.88. The van der Waals surface area contributed by atoms with Gasteiger partial charge in [-0.3, -0.25) is 24.7 Å². The average Bonchev–Trinajstić information content (AvgIpc) is 2.72. The van der Waals surface area contributed by atoms with Crippen LogP contribution in [0.4, 0.5) is 5.69 Å². The molecule has 2 aromatic rings. The Morgan fingerprint density at radius 1 is 1.05 bits per heavy atom. The van der Waals surface area contributed by atoms with E-state index >= 15 is 0 Å². The fourth-order valence-electron chi connectivity index (χ4n) is 2.39. The van der Waals surface area contributed by atoms with Crippen molar-refractivity contribution in [1.29, 1.82) is 0 Å². The normalized spacial score (nSPS) is 17.1. The Morgan fingerprint density at radius 2 is 1.85 bits per heavy atom. The standard InChI is InChI=1S/C14H8N2O4/c17-13-8-4-3-6-10(16(19)20)11(8)14(18)12(13)9-5-1-2-7-15-9/h1-7,12H/t12-/m0/s1. The second-order valence-electron chi connectivity index (χ2n) is 4.37. The number of rotatable bonds is 2. The first-order valence-electron chi connectivity index (χ1n) is 5.88. The maximum atomic E-state index is 12.4. The Kier molecular flexibility index (Phi) is 2.64. The van der Waals surface area contributed by atoms with Crippen molar-refractivity contribution in [3.05, 3.63) is 69.5 Å². The highest BCUT2D eigenvalue weighted by molar-refractivity contribution is 6.31. The summed E-state index contributed by atoms with van der Waals surface area (Å²) in [6, 6.07) is 8.97. The number of benzene rings is 1. The topological polar surface area (TPSA) is 90.2 Å². The molecule has 1 aliphatic rings. The van der Waals surface area contributed by atoms with E-state index in [1.807, 2.05) is 0 Å². The second-order valence-corrected chi connectivity index (χ2v) is 4.37. The summed E-state index contributed by atoms with van der Waals surface area (Å²) >= 11 is 0. The zero-order valence-electron chi connectivity index (χ0n) is 10.1. The number of ketones is 2. The number of carbonyl (C=O) groups excluding carboxylic acids is 2. The number of nitro benzene ring substituents is 1. The van der Waals surface area contributed by atoms with E-state index in [4.69, 9.17) is 0 Å². The molecule has 0 radical (unpaired) electrons. The average molecular weight is 268 g/mol. The van der Waals surface area contributed by atoms with E-state index in [1.165, 1.54) is 24.4 Å². The van der Waals surface area contributed by atoms with Gasteiger partial charge in [0.2, 0.25) is 0 Å². The van der Waals surface area contributed by atoms with Crippen molar-refractivity contribution in [1.82, 2.24) is 4.98 Å². The fraction of sp³-hybridized carbons (Fsp3) is 0.0714. The predicted molar refractivity (Wildman–Crippen MR) is 68.7 cm³/mol. The third-order valence-electron chi connectivity index (χ3n) is 3.26. The van der Waals surface area contributed by atoms with Gasteiger partial charge < -0.3 is 0 Å². The Hall–Kier alpha value is -2.89. The highest BCUT2D eigenvalue weighted by Crippen LogP contribution is 2.37. The van der Waals surface area contributed by atoms with Crippen LogP contribution < -0.4 is 0 Å². The van der Waals surface area contributed by atoms with Crippen molar-refractivity contribution in [2.24, 2.45) is 0 Å². The summed E-state index contributed by atoms with van der Waals surface area (Å²) in [6.07, 6.45) is 1.48. The van der Waals surface area contributed by atoms with Crippen LogP contribution >= 0.6 is 0 Å². The number of Topliss-reactive ketones (excluding diaryl/α,β-unsaturated/α-hetero) is 2. The summed E-state index contributed by atoms with van der Waals surface area (Å²) in [7, 11) is 0. The Labute approximate surface area is 113 Å². The molecule has 0 spiro atoms. The SMILES string of the molecule is O=C1c2cccc([N+](=O)[O-])c2C(=O)[C@H]1c1ccccn1. The summed E-state index contributed by atoms with van der Waals surface area (Å²) < 4.78 is 0. The van der Waals surface area contributed by atoms with Gasteiger partial charge in [-0.2, -0.15) is 0 Å². The molecule has 0 N–H and O–H groups in total. The van der Waals surface area contributed by atoms with Gasteiger partial charge in [0.25, 0.3) is 5.69 Å². The molecule has 0 saturated carbocycles. The van der Waals surface area contributed by atoms with Crippen LogP contribution in [0.25, 0.3) is 0 Å². The van der Waals surface area contributed by atoms with Gasteiger partial charge in [-0.15, -0.1) is 0 Å². The molecule has 0 bridgehead atoms. The molecule has 0 unspecified atom stereocenters. The number of hydrogen-bond acceptors (Lipinski definition) is 5. The van der Waals surface area contributed by atoms with Crippen LogP contribution in [0.1, 0.15) is 32.3 Å². The van der Waals surface area contributed by atoms with E-state index in [0.29, 0.717) is 5.69 Å². The predicted octanol–water partition coefficient (Wildman–Crippen LogP) is 2.15. The van der Waals surface area contributed by atoms with Gasteiger partial charge in [-0.1, -0.05) is 18.2 Å². The molecule has 0 aliphatic heterocycles. The summed E-state index contributed by atoms with van der Waals surface area (Å²) in [5.41, 5.74) is -0.0368. The maximum Gasteiger partial charge on any atom is 0.280 e. The van der Waals surface area contributed by atoms with Gasteiger partial charge in [-0.25, -0.2) is 0 Å². The minimum absolute atomic E-state index is 0.0971. The third kappa shape index (κ3) is 1.62. The van der Waals surface area contributed by atoms with Gasteiger partial charge in [0, 0.05) is 17.8 Å². The molecule has 0 saturated heterocycles. The molecule has 0 fully saturated rings. The first kappa shape index (κ1) is 12.2. The van der Waals surface area contributed by atoms with Crippen LogP contribution in [-0.4, -0.2) is 21.5 Å². The molecule has 1 heterocycles. The molecule has 6 heteroatoms. The smallest absolute Gasteiger partial charge is 0.280 e. The largest absolute Gasteiger partial charge is 0.293 e. The van der Waals surface area contributed by atoms with E-state index in [9.17, 15) is 19.7 Å². The second kappa shape index (κ2) is 4.34. The zero-order valence-corrected chi connectivity index (χ0v) is 10.1. The molecule has 1 atom stereocenters. The molecule has 20 heavy (non-hydrogen) atoms. The van der Waals surface area contributed by atoms with Crippen molar-refractivity contribution in [3.63, 3.8) is 0 Å². The molecule has 0 amide bonds. The van der Waals surface area contributed by atoms with Crippen LogP contribution in [0.3, 0.4) is 0 Å². The quantitative estimate of drug-likeness (QED) is 0.473. The Bertz CT molecular complexity index is 740. The number of aromatic nitrogens is 1. The number of hydrogen-bond donors (Lipinski definition) is 0. The molecule has 3 rings (SSSR count). The summed E-state index contributed by atoms with van der Waals surface area (Å²) in [5.74, 6) is -2.07. The van der Waals surface area contributed by atoms with Gasteiger partial charge in [0.15, 0.2) is 11.6 Å². The van der Waals surface area contributed by atoms with Crippen molar-refractivity contribution in [3.8, 4) is 0 Å². The van der Waals surface area contributed by atoms with Crippen LogP contribution in [0, 0.1) is 10.1 Å². The number of nitro groups is 1. The van der Waals surface area contributed by atoms with Crippen LogP contribution in [0.5, 0.6) is 0 Å². The lowest BCUT2D eigenvalue weighted by atomic mass is 9.99. The lowest BCUT2D eigenvalue weighted by molar-refractivity contribution is -0.385. The van der Waals surface area contributed by atoms with E-state index in [-0.39, 0.29) is 16.8 Å². The minimum atomic E-state index is -1.08. The highest BCUT2D eigenvalue weighted by atomic mass is 16.6. The molecule has 98 valence electrons. The van der Waals surface area contributed by atoms with Gasteiger partial charge in [-0.05, 0) is 12.1 Å². The maximum absolute atomic E-state index is 12.4. The number of pyridine rings is 1. The number of fused-ring (bicyclic) bond motifs is 1. The monoisotopic (exact) mass is 268 g/mol. The van der Waals surface area contributed by atoms with Crippen molar-refractivity contribution >= 4 is 17.3 Å². The summed E-state index contributed by atoms with van der Waals surface area (Å²) in [5, 5.41) is 11.0. The van der Waals surface area contributed by atoms with Crippen LogP contribution in [0.15, 0.2) is 42.6 Å². The third-order valence-corrected chi connectivity index (χ3v) is 3.26. The Balaban J connectivity index is 2.18.